The Bertz CT molecular complexity index is 1690. The van der Waals surface area contributed by atoms with E-state index in [1.807, 2.05) is 62.4 Å². The molecule has 5 rings (SSSR count). The molecule has 1 heterocycles. The highest BCUT2D eigenvalue weighted by molar-refractivity contribution is 6.23. The minimum Gasteiger partial charge on any atom is -0.490 e. The van der Waals surface area contributed by atoms with Crippen LogP contribution in [0.25, 0.3) is 5.70 Å². The fraction of sp³-hybridized carbons (Fsp3) is 0.229. The second-order valence-electron chi connectivity index (χ2n) is 9.97. The third kappa shape index (κ3) is 5.08. The van der Waals surface area contributed by atoms with Crippen LogP contribution in [0.15, 0.2) is 90.2 Å². The van der Waals surface area contributed by atoms with Crippen molar-refractivity contribution in [2.24, 2.45) is 0 Å². The summed E-state index contributed by atoms with van der Waals surface area (Å²) < 4.78 is 17.9. The molecular weight excluding hydrogens is 528 g/mol. The van der Waals surface area contributed by atoms with Crippen molar-refractivity contribution in [2.45, 2.75) is 39.7 Å². The van der Waals surface area contributed by atoms with E-state index in [-0.39, 0.29) is 19.0 Å². The van der Waals surface area contributed by atoms with Gasteiger partial charge in [0, 0.05) is 39.4 Å². The topological polar surface area (TPSA) is 97.7 Å². The summed E-state index contributed by atoms with van der Waals surface area (Å²) in [5.74, 6) is -0.318. The van der Waals surface area contributed by atoms with Gasteiger partial charge in [-0.15, -0.1) is 6.58 Å². The van der Waals surface area contributed by atoms with Gasteiger partial charge in [0.2, 0.25) is 0 Å². The number of hydrogen-bond donors (Lipinski definition) is 1. The maximum atomic E-state index is 13.9. The number of ether oxygens (including phenoxy) is 3. The summed E-state index contributed by atoms with van der Waals surface area (Å²) in [5, 5.41) is 12.9. The van der Waals surface area contributed by atoms with Crippen molar-refractivity contribution in [1.29, 1.82) is 5.26 Å². The highest BCUT2D eigenvalue weighted by Crippen LogP contribution is 2.49. The summed E-state index contributed by atoms with van der Waals surface area (Å²) in [6, 6.07) is 20.7. The summed E-state index contributed by atoms with van der Waals surface area (Å²) in [5.41, 5.74) is 6.35. The first-order chi connectivity index (χ1) is 20.4. The largest absolute Gasteiger partial charge is 0.490 e. The number of nitrogens with zero attached hydrogens (tertiary/aromatic N) is 1. The monoisotopic (exact) mass is 560 g/mol. The van der Waals surface area contributed by atoms with Crippen molar-refractivity contribution < 1.29 is 23.8 Å². The molecule has 1 aliphatic heterocycles. The van der Waals surface area contributed by atoms with Crippen LogP contribution < -0.4 is 14.8 Å². The first kappa shape index (κ1) is 28.4. The molecule has 3 aromatic rings. The highest BCUT2D eigenvalue weighted by atomic mass is 16.5. The summed E-state index contributed by atoms with van der Waals surface area (Å²) in [6.07, 6.45) is 2.22. The number of Topliss-reactive ketones (excluding diaryl/α,β-unsaturated/α-hetero) is 1. The van der Waals surface area contributed by atoms with Gasteiger partial charge in [0.1, 0.15) is 6.61 Å². The number of nitrogens with one attached hydrogen (secondary N) is 1. The van der Waals surface area contributed by atoms with Crippen LogP contribution in [-0.2, 0) is 22.6 Å². The average Bonchev–Trinajstić information content (AvgIpc) is 3.27. The highest BCUT2D eigenvalue weighted by Gasteiger charge is 2.43. The molecule has 0 bridgehead atoms. The molecule has 0 fully saturated rings. The lowest BCUT2D eigenvalue weighted by atomic mass is 9.79. The molecule has 1 aliphatic carbocycles. The number of carbonyl (C=O) groups excluding carboxylic acids is 2. The zero-order valence-corrected chi connectivity index (χ0v) is 24.0. The van der Waals surface area contributed by atoms with Gasteiger partial charge in [-0.1, -0.05) is 54.6 Å². The standard InChI is InChI=1S/C35H32N2O5/c1-5-12-22-17-25(18-28(40-6-2)34(22)42-20-24-14-9-8-13-23(24)19-36)30-29(35(39)41-7-3)21(4)37-32-26-15-10-11-16-27(26)33(38)31(30)32/h5,8-11,13-18,30,37H,1,6-7,12,20H2,2-4H3/t30-/m1/s1. The third-order valence-corrected chi connectivity index (χ3v) is 7.41. The molecule has 0 spiro atoms. The predicted octanol–water partition coefficient (Wildman–Crippen LogP) is 6.40. The third-order valence-electron chi connectivity index (χ3n) is 7.41. The Kier molecular flexibility index (Phi) is 8.26. The van der Waals surface area contributed by atoms with Crippen LogP contribution in [0.2, 0.25) is 0 Å². The second-order valence-corrected chi connectivity index (χ2v) is 9.97. The van der Waals surface area contributed by atoms with E-state index >= 15 is 0 Å². The van der Waals surface area contributed by atoms with E-state index in [1.165, 1.54) is 0 Å². The first-order valence-corrected chi connectivity index (χ1v) is 14.0. The van der Waals surface area contributed by atoms with Gasteiger partial charge in [0.05, 0.1) is 36.1 Å². The van der Waals surface area contributed by atoms with E-state index in [1.54, 1.807) is 25.1 Å². The maximum Gasteiger partial charge on any atom is 0.336 e. The average molecular weight is 561 g/mol. The lowest BCUT2D eigenvalue weighted by Crippen LogP contribution is -2.29. The molecule has 7 nitrogen and oxygen atoms in total. The van der Waals surface area contributed by atoms with Gasteiger partial charge in [0.25, 0.3) is 0 Å². The SMILES string of the molecule is C=CCc1cc([C@@H]2C(C(=O)OCC)=C(C)NC3=C2C(=O)c2ccccc23)cc(OCC)c1OCc1ccccc1C#N. The quantitative estimate of drug-likeness (QED) is 0.226. The van der Waals surface area contributed by atoms with Crippen molar-refractivity contribution in [3.8, 4) is 17.6 Å². The fourth-order valence-corrected chi connectivity index (χ4v) is 5.63. The number of fused-ring (bicyclic) bond motifs is 2. The van der Waals surface area contributed by atoms with Crippen molar-refractivity contribution in [3.05, 3.63) is 124 Å². The molecule has 0 saturated carbocycles. The Morgan fingerprint density at radius 3 is 2.48 bits per heavy atom. The molecule has 3 aromatic carbocycles. The van der Waals surface area contributed by atoms with Crippen molar-refractivity contribution in [3.63, 3.8) is 0 Å². The molecule has 0 saturated heterocycles. The Morgan fingerprint density at radius 2 is 1.76 bits per heavy atom. The summed E-state index contributed by atoms with van der Waals surface area (Å²) >= 11 is 0. The van der Waals surface area contributed by atoms with Crippen molar-refractivity contribution >= 4 is 17.4 Å². The molecule has 0 amide bonds. The molecule has 42 heavy (non-hydrogen) atoms. The fourth-order valence-electron chi connectivity index (χ4n) is 5.63. The number of nitriles is 1. The lowest BCUT2D eigenvalue weighted by Gasteiger charge is -2.30. The summed E-state index contributed by atoms with van der Waals surface area (Å²) in [7, 11) is 0. The molecule has 0 aromatic heterocycles. The second kappa shape index (κ2) is 12.2. The Balaban J connectivity index is 1.67. The van der Waals surface area contributed by atoms with Gasteiger partial charge in [0.15, 0.2) is 17.3 Å². The van der Waals surface area contributed by atoms with E-state index in [9.17, 15) is 14.9 Å². The van der Waals surface area contributed by atoms with E-state index in [2.05, 4.69) is 18.0 Å². The lowest BCUT2D eigenvalue weighted by molar-refractivity contribution is -0.138. The van der Waals surface area contributed by atoms with Gasteiger partial charge >= 0.3 is 5.97 Å². The van der Waals surface area contributed by atoms with Crippen LogP contribution in [0.3, 0.4) is 0 Å². The number of allylic oxidation sites excluding steroid dienone is 3. The van der Waals surface area contributed by atoms with Crippen LogP contribution in [0.5, 0.6) is 11.5 Å². The van der Waals surface area contributed by atoms with Gasteiger partial charge in [-0.3, -0.25) is 4.79 Å². The number of carbonyl (C=O) groups is 2. The molecular formula is C35H32N2O5. The number of dihydropyridines is 1. The summed E-state index contributed by atoms with van der Waals surface area (Å²) in [6.45, 7) is 10.1. The van der Waals surface area contributed by atoms with Crippen molar-refractivity contribution in [2.75, 3.05) is 13.2 Å². The number of hydrogen-bond acceptors (Lipinski definition) is 7. The molecule has 212 valence electrons. The Labute approximate surface area is 245 Å². The van der Waals surface area contributed by atoms with Gasteiger partial charge in [-0.25, -0.2) is 4.79 Å². The molecule has 0 unspecified atom stereocenters. The number of ketones is 1. The van der Waals surface area contributed by atoms with Crippen LogP contribution in [-0.4, -0.2) is 25.0 Å². The first-order valence-electron chi connectivity index (χ1n) is 14.0. The zero-order valence-electron chi connectivity index (χ0n) is 24.0. The van der Waals surface area contributed by atoms with Crippen LogP contribution in [0, 0.1) is 11.3 Å². The van der Waals surface area contributed by atoms with Crippen LogP contribution in [0.4, 0.5) is 0 Å². The van der Waals surface area contributed by atoms with E-state index in [0.717, 1.165) is 16.7 Å². The number of rotatable bonds is 10. The molecule has 1 N–H and O–H groups in total. The van der Waals surface area contributed by atoms with E-state index < -0.39 is 11.9 Å². The molecule has 2 aliphatic rings. The smallest absolute Gasteiger partial charge is 0.336 e. The minimum atomic E-state index is -0.698. The normalized spacial score (nSPS) is 15.4. The van der Waals surface area contributed by atoms with Crippen molar-refractivity contribution in [1.82, 2.24) is 5.32 Å². The Morgan fingerprint density at radius 1 is 1.02 bits per heavy atom. The minimum absolute atomic E-state index is 0.135. The number of benzene rings is 3. The predicted molar refractivity (Wildman–Crippen MR) is 160 cm³/mol. The summed E-state index contributed by atoms with van der Waals surface area (Å²) in [4.78, 5) is 27.3. The van der Waals surface area contributed by atoms with Gasteiger partial charge in [-0.05, 0) is 44.9 Å². The molecule has 7 heteroatoms. The molecule has 1 atom stereocenters. The van der Waals surface area contributed by atoms with Gasteiger partial charge < -0.3 is 19.5 Å². The van der Waals surface area contributed by atoms with Gasteiger partial charge in [-0.2, -0.15) is 5.26 Å². The van der Waals surface area contributed by atoms with E-state index in [4.69, 9.17) is 14.2 Å². The Hall–Kier alpha value is -5.09. The van der Waals surface area contributed by atoms with Crippen LogP contribution >= 0.6 is 0 Å². The zero-order chi connectivity index (χ0) is 29.8. The van der Waals surface area contributed by atoms with E-state index in [0.29, 0.717) is 63.8 Å². The maximum absolute atomic E-state index is 13.9. The molecule has 0 radical (unpaired) electrons. The van der Waals surface area contributed by atoms with Crippen LogP contribution in [0.1, 0.15) is 64.9 Å². The number of esters is 1.